The molecule has 1 aliphatic rings. The van der Waals surface area contributed by atoms with Gasteiger partial charge in [0.05, 0.1) is 24.8 Å². The van der Waals surface area contributed by atoms with Crippen molar-refractivity contribution >= 4 is 16.6 Å². The second-order valence-corrected chi connectivity index (χ2v) is 7.18. The number of aromatic nitrogens is 4. The summed E-state index contributed by atoms with van der Waals surface area (Å²) in [5, 5.41) is 5.55. The first-order chi connectivity index (χ1) is 14.2. The van der Waals surface area contributed by atoms with Gasteiger partial charge in [-0.3, -0.25) is 9.69 Å². The average Bonchev–Trinajstić information content (AvgIpc) is 2.79. The van der Waals surface area contributed by atoms with Crippen LogP contribution in [0.4, 0.5) is 0 Å². The van der Waals surface area contributed by atoms with E-state index in [1.54, 1.807) is 4.52 Å². The molecule has 2 aromatic heterocycles. The van der Waals surface area contributed by atoms with Gasteiger partial charge in [-0.15, -0.1) is 0 Å². The van der Waals surface area contributed by atoms with Crippen LogP contribution in [-0.4, -0.2) is 50.8 Å². The molecule has 0 bridgehead atoms. The van der Waals surface area contributed by atoms with Crippen LogP contribution in [0.15, 0.2) is 59.4 Å². The zero-order valence-corrected chi connectivity index (χ0v) is 16.2. The number of benzene rings is 2. The molecule has 3 heterocycles. The van der Waals surface area contributed by atoms with Crippen LogP contribution in [0, 0.1) is 0 Å². The van der Waals surface area contributed by atoms with Gasteiger partial charge in [-0.25, -0.2) is 4.98 Å². The first-order valence-electron chi connectivity index (χ1n) is 9.79. The molecule has 5 rings (SSSR count). The maximum atomic E-state index is 12.8. The van der Waals surface area contributed by atoms with Gasteiger partial charge in [0.25, 0.3) is 5.56 Å². The van der Waals surface area contributed by atoms with Crippen LogP contribution in [0.2, 0.25) is 0 Å². The molecule has 4 aromatic rings. The topological polar surface area (TPSA) is 72.6 Å². The summed E-state index contributed by atoms with van der Waals surface area (Å²) in [5.41, 5.74) is 2.09. The molecule has 7 nitrogen and oxygen atoms in total. The third-order valence-corrected chi connectivity index (χ3v) is 5.42. The summed E-state index contributed by atoms with van der Waals surface area (Å²) in [4.78, 5) is 24.5. The van der Waals surface area contributed by atoms with Crippen molar-refractivity contribution in [2.24, 2.45) is 0 Å². The summed E-state index contributed by atoms with van der Waals surface area (Å²) in [6.45, 7) is 5.18. The Labute approximate surface area is 167 Å². The van der Waals surface area contributed by atoms with Crippen molar-refractivity contribution in [1.29, 1.82) is 0 Å². The zero-order valence-electron chi connectivity index (χ0n) is 16.2. The Kier molecular flexibility index (Phi) is 4.54. The molecule has 29 heavy (non-hydrogen) atoms. The van der Waals surface area contributed by atoms with Crippen molar-refractivity contribution in [2.75, 3.05) is 26.3 Å². The summed E-state index contributed by atoms with van der Waals surface area (Å²) >= 11 is 0. The predicted molar refractivity (Wildman–Crippen MR) is 111 cm³/mol. The standard InChI is InChI=1S/C22H21N5O2/c1-15(26-11-13-29-14-12-26)20-23-18-10-6-5-9-17(18)21-24-22(28)19(25-27(20)21)16-7-3-2-4-8-16/h2-10,15H,11-14H2,1H3/t15-/m1/s1. The molecule has 146 valence electrons. The van der Waals surface area contributed by atoms with E-state index in [1.807, 2.05) is 54.6 Å². The van der Waals surface area contributed by atoms with Crippen LogP contribution in [-0.2, 0) is 4.74 Å². The van der Waals surface area contributed by atoms with E-state index in [0.717, 1.165) is 35.4 Å². The van der Waals surface area contributed by atoms with E-state index < -0.39 is 0 Å². The van der Waals surface area contributed by atoms with Crippen molar-refractivity contribution in [3.8, 4) is 11.3 Å². The first kappa shape index (κ1) is 17.9. The molecule has 1 atom stereocenters. The SMILES string of the molecule is C[C@H](c1nc2ccccc2c2nc(=O)c(-c3ccccc3)nn12)N1CCOCC1. The van der Waals surface area contributed by atoms with E-state index in [2.05, 4.69) is 16.8 Å². The summed E-state index contributed by atoms with van der Waals surface area (Å²) in [7, 11) is 0. The number of hydrogen-bond acceptors (Lipinski definition) is 6. The van der Waals surface area contributed by atoms with Gasteiger partial charge in [-0.05, 0) is 19.1 Å². The fourth-order valence-corrected chi connectivity index (χ4v) is 3.83. The third-order valence-electron chi connectivity index (χ3n) is 5.42. The molecule has 7 heteroatoms. The quantitative estimate of drug-likeness (QED) is 0.503. The van der Waals surface area contributed by atoms with Crippen LogP contribution in [0.5, 0.6) is 0 Å². The second kappa shape index (κ2) is 7.35. The van der Waals surface area contributed by atoms with Crippen LogP contribution in [0.25, 0.3) is 27.8 Å². The molecule has 0 saturated carbocycles. The van der Waals surface area contributed by atoms with Gasteiger partial charge in [-0.1, -0.05) is 42.5 Å². The van der Waals surface area contributed by atoms with Crippen molar-refractivity contribution < 1.29 is 4.74 Å². The molecule has 0 spiro atoms. The highest BCUT2D eigenvalue weighted by atomic mass is 16.5. The minimum absolute atomic E-state index is 0.00596. The molecule has 0 aliphatic carbocycles. The Morgan fingerprint density at radius 2 is 1.69 bits per heavy atom. The molecule has 1 saturated heterocycles. The number of para-hydroxylation sites is 1. The lowest BCUT2D eigenvalue weighted by Crippen LogP contribution is -2.39. The summed E-state index contributed by atoms with van der Waals surface area (Å²) in [6, 6.07) is 17.2. The highest BCUT2D eigenvalue weighted by Crippen LogP contribution is 2.25. The van der Waals surface area contributed by atoms with Crippen LogP contribution < -0.4 is 5.56 Å². The molecule has 0 radical (unpaired) electrons. The average molecular weight is 387 g/mol. The normalized spacial score (nSPS) is 16.3. The molecular weight excluding hydrogens is 366 g/mol. The van der Waals surface area contributed by atoms with Crippen LogP contribution >= 0.6 is 0 Å². The molecule has 1 fully saturated rings. The summed E-state index contributed by atoms with van der Waals surface area (Å²) in [5.74, 6) is 0.769. The monoisotopic (exact) mass is 387 g/mol. The van der Waals surface area contributed by atoms with E-state index in [1.165, 1.54) is 0 Å². The molecule has 0 unspecified atom stereocenters. The second-order valence-electron chi connectivity index (χ2n) is 7.18. The van der Waals surface area contributed by atoms with Crippen LogP contribution in [0.1, 0.15) is 18.8 Å². The van der Waals surface area contributed by atoms with Crippen LogP contribution in [0.3, 0.4) is 0 Å². The fourth-order valence-electron chi connectivity index (χ4n) is 3.83. The van der Waals surface area contributed by atoms with Gasteiger partial charge in [0.15, 0.2) is 11.3 Å². The van der Waals surface area contributed by atoms with Gasteiger partial charge in [0, 0.05) is 24.0 Å². The van der Waals surface area contributed by atoms with Gasteiger partial charge in [0.1, 0.15) is 5.82 Å². The predicted octanol–water partition coefficient (Wildman–Crippen LogP) is 2.70. The van der Waals surface area contributed by atoms with Crippen molar-refractivity contribution in [1.82, 2.24) is 24.5 Å². The highest BCUT2D eigenvalue weighted by molar-refractivity contribution is 5.91. The van der Waals surface area contributed by atoms with E-state index in [9.17, 15) is 4.79 Å². The van der Waals surface area contributed by atoms with Crippen molar-refractivity contribution in [3.05, 3.63) is 70.8 Å². The number of ether oxygens (including phenoxy) is 1. The van der Waals surface area contributed by atoms with Gasteiger partial charge in [0.2, 0.25) is 0 Å². The molecule has 0 N–H and O–H groups in total. The number of fused-ring (bicyclic) bond motifs is 3. The maximum absolute atomic E-state index is 12.8. The van der Waals surface area contributed by atoms with Crippen molar-refractivity contribution in [3.63, 3.8) is 0 Å². The van der Waals surface area contributed by atoms with Gasteiger partial charge in [-0.2, -0.15) is 14.6 Å². The Morgan fingerprint density at radius 3 is 2.48 bits per heavy atom. The number of nitrogens with zero attached hydrogens (tertiary/aromatic N) is 5. The van der Waals surface area contributed by atoms with Gasteiger partial charge >= 0.3 is 0 Å². The first-order valence-corrected chi connectivity index (χ1v) is 9.79. The number of rotatable bonds is 3. The van der Waals surface area contributed by atoms with E-state index in [0.29, 0.717) is 24.6 Å². The van der Waals surface area contributed by atoms with Crippen molar-refractivity contribution in [2.45, 2.75) is 13.0 Å². The highest BCUT2D eigenvalue weighted by Gasteiger charge is 2.24. The Bertz CT molecular complexity index is 1230. The molecular formula is C22H21N5O2. The zero-order chi connectivity index (χ0) is 19.8. The smallest absolute Gasteiger partial charge is 0.300 e. The lowest BCUT2D eigenvalue weighted by atomic mass is 10.1. The molecule has 1 aliphatic heterocycles. The van der Waals surface area contributed by atoms with Gasteiger partial charge < -0.3 is 4.74 Å². The molecule has 0 amide bonds. The summed E-state index contributed by atoms with van der Waals surface area (Å²) in [6.07, 6.45) is 0. The maximum Gasteiger partial charge on any atom is 0.300 e. The summed E-state index contributed by atoms with van der Waals surface area (Å²) < 4.78 is 7.24. The lowest BCUT2D eigenvalue weighted by Gasteiger charge is -2.32. The minimum atomic E-state index is -0.336. The lowest BCUT2D eigenvalue weighted by molar-refractivity contribution is 0.0178. The Hall–Kier alpha value is -3.16. The van der Waals surface area contributed by atoms with E-state index in [-0.39, 0.29) is 11.6 Å². The molecule has 2 aromatic carbocycles. The Morgan fingerprint density at radius 1 is 0.966 bits per heavy atom. The minimum Gasteiger partial charge on any atom is -0.379 e. The number of morpholine rings is 1. The Balaban J connectivity index is 1.78. The fraction of sp³-hybridized carbons (Fsp3) is 0.273. The van der Waals surface area contributed by atoms with E-state index in [4.69, 9.17) is 14.8 Å². The number of hydrogen-bond donors (Lipinski definition) is 0. The van der Waals surface area contributed by atoms with E-state index >= 15 is 0 Å². The third kappa shape index (κ3) is 3.18. The largest absolute Gasteiger partial charge is 0.379 e.